The first-order valence-electron chi connectivity index (χ1n) is 8.37. The summed E-state index contributed by atoms with van der Waals surface area (Å²) in [5.74, 6) is 4.15. The van der Waals surface area contributed by atoms with E-state index in [1.165, 1.54) is 19.3 Å². The van der Waals surface area contributed by atoms with Crippen LogP contribution in [0.15, 0.2) is 40.9 Å². The van der Waals surface area contributed by atoms with Gasteiger partial charge in [0.05, 0.1) is 5.56 Å². The summed E-state index contributed by atoms with van der Waals surface area (Å²) >= 11 is 3.40. The van der Waals surface area contributed by atoms with Gasteiger partial charge in [-0.3, -0.25) is 0 Å². The summed E-state index contributed by atoms with van der Waals surface area (Å²) in [5, 5.41) is 0. The normalized spacial score (nSPS) is 43.6. The molecule has 5 rings (SSSR count). The molecule has 1 aromatic rings. The molecular formula is C19H19BrO2. The van der Waals surface area contributed by atoms with Gasteiger partial charge in [-0.1, -0.05) is 28.1 Å². The van der Waals surface area contributed by atoms with Gasteiger partial charge < -0.3 is 4.74 Å². The van der Waals surface area contributed by atoms with Crippen LogP contribution in [0.2, 0.25) is 0 Å². The number of esters is 1. The van der Waals surface area contributed by atoms with Crippen molar-refractivity contribution < 1.29 is 9.53 Å². The molecule has 22 heavy (non-hydrogen) atoms. The zero-order valence-corrected chi connectivity index (χ0v) is 13.9. The minimum absolute atomic E-state index is 0.0922. The molecule has 0 amide bonds. The lowest BCUT2D eigenvalue weighted by Crippen LogP contribution is -2.26. The maximum atomic E-state index is 12.5. The first-order chi connectivity index (χ1) is 10.7. The van der Waals surface area contributed by atoms with Crippen molar-refractivity contribution in [1.82, 2.24) is 0 Å². The highest BCUT2D eigenvalue weighted by Gasteiger charge is 2.63. The molecule has 0 aromatic heterocycles. The number of rotatable bonds is 2. The van der Waals surface area contributed by atoms with Crippen LogP contribution in [0.1, 0.15) is 29.6 Å². The van der Waals surface area contributed by atoms with Gasteiger partial charge in [0.2, 0.25) is 0 Å². The molecule has 0 N–H and O–H groups in total. The van der Waals surface area contributed by atoms with E-state index in [4.69, 9.17) is 4.74 Å². The average molecular weight is 359 g/mol. The third kappa shape index (κ3) is 1.75. The Kier molecular flexibility index (Phi) is 2.86. The molecule has 1 unspecified atom stereocenters. The molecule has 0 saturated heterocycles. The van der Waals surface area contributed by atoms with Gasteiger partial charge in [0, 0.05) is 16.3 Å². The molecule has 4 aliphatic rings. The van der Waals surface area contributed by atoms with Gasteiger partial charge >= 0.3 is 5.97 Å². The van der Waals surface area contributed by atoms with E-state index in [0.717, 1.165) is 28.1 Å². The van der Waals surface area contributed by atoms with Gasteiger partial charge in [-0.25, -0.2) is 4.79 Å². The van der Waals surface area contributed by atoms with Crippen LogP contribution in [0, 0.1) is 35.5 Å². The Morgan fingerprint density at radius 1 is 1.00 bits per heavy atom. The van der Waals surface area contributed by atoms with Gasteiger partial charge in [-0.15, -0.1) is 0 Å². The lowest BCUT2D eigenvalue weighted by atomic mass is 9.73. The van der Waals surface area contributed by atoms with Crippen LogP contribution < -0.4 is 0 Å². The molecular weight excluding hydrogens is 340 g/mol. The van der Waals surface area contributed by atoms with E-state index in [-0.39, 0.29) is 12.1 Å². The maximum Gasteiger partial charge on any atom is 0.338 e. The fraction of sp³-hybridized carbons (Fsp3) is 0.526. The maximum absolute atomic E-state index is 12.5. The predicted octanol–water partition coefficient (Wildman–Crippen LogP) is 4.45. The smallest absolute Gasteiger partial charge is 0.338 e. The summed E-state index contributed by atoms with van der Waals surface area (Å²) in [6.07, 6.45) is 9.00. The SMILES string of the molecule is O=C(OC1[C@H]2C=C[C@@H]1[C@@H]1[C@H]3CC[C@H](C3)[C@@H]12)c1ccc(Br)cc1. The van der Waals surface area contributed by atoms with Crippen molar-refractivity contribution in [2.45, 2.75) is 25.4 Å². The summed E-state index contributed by atoms with van der Waals surface area (Å²) in [7, 11) is 0. The Hall–Kier alpha value is -1.09. The summed E-state index contributed by atoms with van der Waals surface area (Å²) in [5.41, 5.74) is 0.655. The second kappa shape index (κ2) is 4.70. The summed E-state index contributed by atoms with van der Waals surface area (Å²) in [4.78, 5) is 12.5. The second-order valence-electron chi connectivity index (χ2n) is 7.40. The number of fused-ring (bicyclic) bond motifs is 9. The van der Waals surface area contributed by atoms with Crippen LogP contribution in [0.25, 0.3) is 0 Å². The van der Waals surface area contributed by atoms with E-state index < -0.39 is 0 Å². The van der Waals surface area contributed by atoms with Crippen LogP contribution >= 0.6 is 15.9 Å². The van der Waals surface area contributed by atoms with Gasteiger partial charge in [0.15, 0.2) is 0 Å². The van der Waals surface area contributed by atoms with Crippen molar-refractivity contribution in [3.63, 3.8) is 0 Å². The van der Waals surface area contributed by atoms with Crippen LogP contribution in [-0.2, 0) is 4.74 Å². The predicted molar refractivity (Wildman–Crippen MR) is 87.3 cm³/mol. The van der Waals surface area contributed by atoms with E-state index in [0.29, 0.717) is 17.4 Å². The van der Waals surface area contributed by atoms with Crippen molar-refractivity contribution >= 4 is 21.9 Å². The Bertz CT molecular complexity index is 624. The van der Waals surface area contributed by atoms with Crippen LogP contribution in [0.5, 0.6) is 0 Å². The Labute approximate surface area is 139 Å². The lowest BCUT2D eigenvalue weighted by molar-refractivity contribution is 0.0165. The number of carbonyl (C=O) groups is 1. The number of hydrogen-bond donors (Lipinski definition) is 0. The van der Waals surface area contributed by atoms with Crippen LogP contribution in [0.4, 0.5) is 0 Å². The van der Waals surface area contributed by atoms with Crippen LogP contribution in [-0.4, -0.2) is 12.1 Å². The van der Waals surface area contributed by atoms with Crippen molar-refractivity contribution in [2.24, 2.45) is 35.5 Å². The van der Waals surface area contributed by atoms with Crippen molar-refractivity contribution in [1.29, 1.82) is 0 Å². The van der Waals surface area contributed by atoms with Gasteiger partial charge in [0.25, 0.3) is 0 Å². The zero-order valence-electron chi connectivity index (χ0n) is 12.3. The van der Waals surface area contributed by atoms with Gasteiger partial charge in [-0.2, -0.15) is 0 Å². The van der Waals surface area contributed by atoms with E-state index in [1.54, 1.807) is 0 Å². The highest BCUT2D eigenvalue weighted by molar-refractivity contribution is 9.10. The second-order valence-corrected chi connectivity index (χ2v) is 8.32. The van der Waals surface area contributed by atoms with Crippen molar-refractivity contribution in [3.8, 4) is 0 Å². The summed E-state index contributed by atoms with van der Waals surface area (Å²) < 4.78 is 6.95. The van der Waals surface area contributed by atoms with Crippen molar-refractivity contribution in [2.75, 3.05) is 0 Å². The standard InChI is InChI=1S/C19H19BrO2/c20-13-5-3-10(4-6-13)19(21)22-18-14-7-8-15(18)17-12-2-1-11(9-12)16(14)17/h3-8,11-12,14-18H,1-2,9H2/t11-,12+,14+,15-,16-,17+,18?. The number of carbonyl (C=O) groups excluding carboxylic acids is 1. The van der Waals surface area contributed by atoms with E-state index in [1.807, 2.05) is 24.3 Å². The first-order valence-corrected chi connectivity index (χ1v) is 9.16. The minimum atomic E-state index is -0.163. The molecule has 3 saturated carbocycles. The third-order valence-corrected chi connectivity index (χ3v) is 7.10. The van der Waals surface area contributed by atoms with Crippen LogP contribution in [0.3, 0.4) is 0 Å². The van der Waals surface area contributed by atoms with Gasteiger partial charge in [0.1, 0.15) is 6.10 Å². The summed E-state index contributed by atoms with van der Waals surface area (Å²) in [6, 6.07) is 7.46. The Morgan fingerprint density at radius 3 is 2.18 bits per heavy atom. The highest BCUT2D eigenvalue weighted by Crippen LogP contribution is 2.65. The van der Waals surface area contributed by atoms with Gasteiger partial charge in [-0.05, 0) is 67.2 Å². The molecule has 0 spiro atoms. The zero-order chi connectivity index (χ0) is 14.8. The average Bonchev–Trinajstić information content (AvgIpc) is 3.27. The number of hydrogen-bond acceptors (Lipinski definition) is 2. The third-order valence-electron chi connectivity index (χ3n) is 6.57. The van der Waals surface area contributed by atoms with Crippen molar-refractivity contribution in [3.05, 3.63) is 46.5 Å². The molecule has 1 aromatic carbocycles. The molecule has 2 nitrogen and oxygen atoms in total. The topological polar surface area (TPSA) is 26.3 Å². The first kappa shape index (κ1) is 13.4. The highest BCUT2D eigenvalue weighted by atomic mass is 79.9. The molecule has 0 aliphatic heterocycles. The minimum Gasteiger partial charge on any atom is -0.458 e. The number of halogens is 1. The van der Waals surface area contributed by atoms with E-state index in [9.17, 15) is 4.79 Å². The molecule has 4 aliphatic carbocycles. The summed E-state index contributed by atoms with van der Waals surface area (Å²) in [6.45, 7) is 0. The Morgan fingerprint density at radius 2 is 1.59 bits per heavy atom. The molecule has 0 heterocycles. The monoisotopic (exact) mass is 358 g/mol. The molecule has 0 radical (unpaired) electrons. The molecule has 4 bridgehead atoms. The quantitative estimate of drug-likeness (QED) is 0.443. The fourth-order valence-electron chi connectivity index (χ4n) is 5.88. The molecule has 7 atom stereocenters. The fourth-order valence-corrected chi connectivity index (χ4v) is 6.15. The molecule has 114 valence electrons. The lowest BCUT2D eigenvalue weighted by Gasteiger charge is -2.30. The number of ether oxygens (including phenoxy) is 1. The Balaban J connectivity index is 1.37. The largest absolute Gasteiger partial charge is 0.458 e. The molecule has 3 fully saturated rings. The van der Waals surface area contributed by atoms with E-state index in [2.05, 4.69) is 28.1 Å². The van der Waals surface area contributed by atoms with E-state index >= 15 is 0 Å². The number of benzene rings is 1. The molecule has 3 heteroatoms.